The van der Waals surface area contributed by atoms with E-state index in [1.165, 1.54) is 167 Å². The monoisotopic (exact) mass is 1420 g/mol. The molecule has 0 fully saturated rings. The smallest absolute Gasteiger partial charge is 0.119 e. The Bertz CT molecular complexity index is 3490. The Balaban J connectivity index is 1.01. The molecule has 3 aromatic heterocycles. The molecule has 104 heavy (non-hydrogen) atoms. The molecule has 4 aromatic carbocycles. The van der Waals surface area contributed by atoms with Crippen LogP contribution in [0, 0.1) is 0 Å². The number of nitrogens with zero attached hydrogens (tertiary/aromatic N) is 2. The second-order valence-electron chi connectivity index (χ2n) is 27.6. The first kappa shape index (κ1) is 80.5. The first-order valence-corrected chi connectivity index (χ1v) is 39.9. The SMILES string of the molecule is CCCCCCCCCCCCCCCCOc1ccc(-c2c3nc(c(-c4ccc(OCCCCCCCCCCCCCCCC)cc4)c4ccc([nH]4)c(-c4ccc(OCCOCCOCCOC)cc4)c4nc(c(-c5ccc(OCCOCCOCCOC)cc5)c5ccc2[nH]5)C=C4)C=C3)cc1. The van der Waals surface area contributed by atoms with E-state index in [0.717, 1.165) is 125 Å². The standard InChI is InChI=1S/C90H122N4O10/c1-5-7-9-11-13-15-17-19-21-23-25-27-29-31-57-101-75-41-33-71(34-42-75)87-79-49-50-80(91-79)88(72-35-43-76(44-36-72)102-58-32-30-28-26-24-22-20-18-16-14-12-10-8-6-2)82-52-54-84(93-82)90(74-39-47-78(48-40-74)104-70-68-100-66-64-98-62-60-96-4)86-56-55-85(94-86)89(83-53-51-81(87)92-83)73-37-45-77(46-38-73)103-69-67-99-65-63-97-61-59-95-3/h33-56,92-93H,5-32,57-70H2,1-4H3. The number of methoxy groups -OCH3 is 2. The molecule has 0 radical (unpaired) electrons. The number of aromatic amines is 2. The molecule has 562 valence electrons. The van der Waals surface area contributed by atoms with Crippen LogP contribution in [-0.4, -0.2) is 127 Å². The van der Waals surface area contributed by atoms with Gasteiger partial charge in [-0.3, -0.25) is 0 Å². The predicted octanol–water partition coefficient (Wildman–Crippen LogP) is 23.2. The number of hydrogen-bond acceptors (Lipinski definition) is 12. The number of benzene rings is 4. The molecule has 2 aliphatic rings. The van der Waals surface area contributed by atoms with Crippen molar-refractivity contribution in [1.82, 2.24) is 19.9 Å². The topological polar surface area (TPSA) is 150 Å². The van der Waals surface area contributed by atoms with E-state index < -0.39 is 0 Å². The zero-order valence-electron chi connectivity index (χ0n) is 63.5. The molecule has 0 spiro atoms. The summed E-state index contributed by atoms with van der Waals surface area (Å²) in [4.78, 5) is 19.1. The van der Waals surface area contributed by atoms with E-state index in [-0.39, 0.29) is 0 Å². The van der Waals surface area contributed by atoms with Gasteiger partial charge in [-0.15, -0.1) is 0 Å². The number of hydrogen-bond donors (Lipinski definition) is 2. The maximum absolute atomic E-state index is 6.44. The lowest BCUT2D eigenvalue weighted by molar-refractivity contribution is 0.0180. The minimum atomic E-state index is 0.400. The van der Waals surface area contributed by atoms with Crippen LogP contribution in [0.25, 0.3) is 90.9 Å². The largest absolute Gasteiger partial charge is 0.494 e. The van der Waals surface area contributed by atoms with Crippen LogP contribution in [0.1, 0.15) is 216 Å². The summed E-state index contributed by atoms with van der Waals surface area (Å²) in [5.41, 5.74) is 14.7. The van der Waals surface area contributed by atoms with Crippen LogP contribution in [0.15, 0.2) is 121 Å². The Hall–Kier alpha value is -7.56. The Morgan fingerprint density at radius 2 is 0.442 bits per heavy atom. The van der Waals surface area contributed by atoms with E-state index in [4.69, 9.17) is 57.3 Å². The van der Waals surface area contributed by atoms with Gasteiger partial charge in [-0.1, -0.05) is 229 Å². The van der Waals surface area contributed by atoms with Crippen LogP contribution in [-0.2, 0) is 28.4 Å². The van der Waals surface area contributed by atoms with E-state index >= 15 is 0 Å². The average Bonchev–Trinajstić information content (AvgIpc) is 1.61. The van der Waals surface area contributed by atoms with Gasteiger partial charge in [-0.05, 0) is 132 Å². The maximum atomic E-state index is 6.44. The fourth-order valence-corrected chi connectivity index (χ4v) is 13.6. The molecule has 0 saturated heterocycles. The molecule has 0 aliphatic carbocycles. The third kappa shape index (κ3) is 27.7. The van der Waals surface area contributed by atoms with Crippen molar-refractivity contribution in [2.45, 2.75) is 194 Å². The Morgan fingerprint density at radius 1 is 0.231 bits per heavy atom. The third-order valence-electron chi connectivity index (χ3n) is 19.5. The van der Waals surface area contributed by atoms with Crippen molar-refractivity contribution < 1.29 is 47.4 Å². The predicted molar refractivity (Wildman–Crippen MR) is 430 cm³/mol. The third-order valence-corrected chi connectivity index (χ3v) is 19.5. The van der Waals surface area contributed by atoms with Crippen LogP contribution < -0.4 is 18.9 Å². The van der Waals surface area contributed by atoms with Gasteiger partial charge in [0.25, 0.3) is 0 Å². The van der Waals surface area contributed by atoms with Crippen molar-refractivity contribution in [1.29, 1.82) is 0 Å². The van der Waals surface area contributed by atoms with Crippen molar-refractivity contribution in [2.75, 3.05) is 107 Å². The summed E-state index contributed by atoms with van der Waals surface area (Å²) in [6.07, 6.45) is 45.7. The van der Waals surface area contributed by atoms with Gasteiger partial charge in [-0.25, -0.2) is 9.97 Å². The normalized spacial score (nSPS) is 11.9. The highest BCUT2D eigenvalue weighted by Gasteiger charge is 2.20. The fraction of sp³-hybridized carbons (Fsp3) is 0.511. The number of rotatable bonds is 56. The molecule has 0 unspecified atom stereocenters. The zero-order chi connectivity index (χ0) is 72.1. The van der Waals surface area contributed by atoms with Gasteiger partial charge >= 0.3 is 0 Å². The first-order valence-electron chi connectivity index (χ1n) is 39.9. The number of ether oxygens (including phenoxy) is 10. The van der Waals surface area contributed by atoms with E-state index in [1.54, 1.807) is 14.2 Å². The highest BCUT2D eigenvalue weighted by molar-refractivity contribution is 6.00. The van der Waals surface area contributed by atoms with Gasteiger partial charge in [0.05, 0.1) is 102 Å². The number of H-pyrrole nitrogens is 2. The van der Waals surface area contributed by atoms with Crippen molar-refractivity contribution in [2.24, 2.45) is 0 Å². The van der Waals surface area contributed by atoms with Gasteiger partial charge in [-0.2, -0.15) is 0 Å². The summed E-state index contributed by atoms with van der Waals surface area (Å²) in [5, 5.41) is 0. The summed E-state index contributed by atoms with van der Waals surface area (Å²) in [7, 11) is 3.33. The van der Waals surface area contributed by atoms with Crippen LogP contribution in [0.5, 0.6) is 23.0 Å². The Kier molecular flexibility index (Phi) is 37.6. The van der Waals surface area contributed by atoms with E-state index in [0.29, 0.717) is 92.5 Å². The molecule has 8 bridgehead atoms. The van der Waals surface area contributed by atoms with E-state index in [1.807, 2.05) is 24.3 Å². The number of nitrogens with one attached hydrogen (secondary N) is 2. The van der Waals surface area contributed by atoms with Crippen molar-refractivity contribution in [3.8, 4) is 67.5 Å². The number of aromatic nitrogens is 4. The van der Waals surface area contributed by atoms with Crippen LogP contribution in [0.4, 0.5) is 0 Å². The molecular weight excluding hydrogens is 1300 g/mol. The molecule has 5 heterocycles. The van der Waals surface area contributed by atoms with E-state index in [9.17, 15) is 0 Å². The lowest BCUT2D eigenvalue weighted by Gasteiger charge is -2.10. The quantitative estimate of drug-likeness (QED) is 0.0349. The van der Waals surface area contributed by atoms with Crippen molar-refractivity contribution in [3.63, 3.8) is 0 Å². The lowest BCUT2D eigenvalue weighted by atomic mass is 10.0. The van der Waals surface area contributed by atoms with Crippen molar-refractivity contribution >= 4 is 46.4 Å². The second kappa shape index (κ2) is 48.5. The Labute approximate surface area is 622 Å². The molecule has 14 heteroatoms. The second-order valence-corrected chi connectivity index (χ2v) is 27.6. The highest BCUT2D eigenvalue weighted by atomic mass is 16.6. The lowest BCUT2D eigenvalue weighted by Crippen LogP contribution is -2.12. The summed E-state index contributed by atoms with van der Waals surface area (Å²) in [5.74, 6) is 3.20. The highest BCUT2D eigenvalue weighted by Crippen LogP contribution is 2.40. The molecule has 14 nitrogen and oxygen atoms in total. The van der Waals surface area contributed by atoms with Gasteiger partial charge in [0.2, 0.25) is 0 Å². The van der Waals surface area contributed by atoms with E-state index in [2.05, 4.69) is 145 Å². The summed E-state index contributed by atoms with van der Waals surface area (Å²) in [6.45, 7) is 11.8. The molecule has 0 saturated carbocycles. The van der Waals surface area contributed by atoms with Gasteiger partial charge in [0.1, 0.15) is 36.2 Å². The summed E-state index contributed by atoms with van der Waals surface area (Å²) in [6, 6.07) is 42.3. The summed E-state index contributed by atoms with van der Waals surface area (Å²) >= 11 is 0. The molecular formula is C90H122N4O10. The van der Waals surface area contributed by atoms with Gasteiger partial charge < -0.3 is 57.3 Å². The Morgan fingerprint density at radius 3 is 0.683 bits per heavy atom. The number of fused-ring (bicyclic) bond motifs is 8. The molecule has 9 rings (SSSR count). The van der Waals surface area contributed by atoms with Gasteiger partial charge in [0.15, 0.2) is 0 Å². The average molecular weight is 1420 g/mol. The summed E-state index contributed by atoms with van der Waals surface area (Å²) < 4.78 is 58.2. The molecule has 2 aliphatic heterocycles. The van der Waals surface area contributed by atoms with Gasteiger partial charge in [0, 0.05) is 58.5 Å². The molecule has 2 N–H and O–H groups in total. The fourth-order valence-electron chi connectivity index (χ4n) is 13.6. The van der Waals surface area contributed by atoms with Crippen LogP contribution in [0.2, 0.25) is 0 Å². The first-order chi connectivity index (χ1) is 51.5. The number of unbranched alkanes of at least 4 members (excludes halogenated alkanes) is 26. The van der Waals surface area contributed by atoms with Crippen LogP contribution >= 0.6 is 0 Å². The minimum Gasteiger partial charge on any atom is -0.494 e. The minimum absolute atomic E-state index is 0.400. The van der Waals surface area contributed by atoms with Crippen LogP contribution in [0.3, 0.4) is 0 Å². The molecule has 0 amide bonds. The molecule has 7 aromatic rings. The van der Waals surface area contributed by atoms with Crippen molar-refractivity contribution in [3.05, 3.63) is 144 Å². The molecule has 0 atom stereocenters. The maximum Gasteiger partial charge on any atom is 0.119 e. The zero-order valence-corrected chi connectivity index (χ0v) is 63.5.